The van der Waals surface area contributed by atoms with Gasteiger partial charge in [-0.05, 0) is 48.5 Å². The van der Waals surface area contributed by atoms with Gasteiger partial charge in [0.2, 0.25) is 10.0 Å². The lowest BCUT2D eigenvalue weighted by Gasteiger charge is -2.06. The minimum absolute atomic E-state index is 0.0338. The second-order valence-corrected chi connectivity index (χ2v) is 8.00. The zero-order valence-electron chi connectivity index (χ0n) is 15.6. The Labute approximate surface area is 173 Å². The van der Waals surface area contributed by atoms with Crippen molar-refractivity contribution in [1.82, 2.24) is 14.8 Å². The van der Waals surface area contributed by atoms with Crippen LogP contribution in [0.4, 0.5) is 5.69 Å². The van der Waals surface area contributed by atoms with E-state index in [0.29, 0.717) is 22.5 Å². The summed E-state index contributed by atoms with van der Waals surface area (Å²) in [6.45, 7) is 0. The predicted octanol–water partition coefficient (Wildman–Crippen LogP) is 2.83. The summed E-state index contributed by atoms with van der Waals surface area (Å²) >= 11 is 0. The number of amides is 1. The summed E-state index contributed by atoms with van der Waals surface area (Å²) < 4.78 is 24.4. The van der Waals surface area contributed by atoms with E-state index in [4.69, 9.17) is 5.14 Å². The van der Waals surface area contributed by atoms with Gasteiger partial charge in [-0.25, -0.2) is 18.2 Å². The molecule has 2 aromatic heterocycles. The van der Waals surface area contributed by atoms with Crippen LogP contribution in [0.15, 0.2) is 90.2 Å². The van der Waals surface area contributed by atoms with Crippen molar-refractivity contribution in [3.63, 3.8) is 0 Å². The number of rotatable bonds is 5. The number of nitrogens with zero attached hydrogens (tertiary/aromatic N) is 3. The Hall–Kier alpha value is -3.82. The molecule has 0 fully saturated rings. The summed E-state index contributed by atoms with van der Waals surface area (Å²) in [6, 6.07) is 18.6. The molecule has 0 bridgehead atoms. The van der Waals surface area contributed by atoms with Gasteiger partial charge in [-0.2, -0.15) is 5.10 Å². The quantitative estimate of drug-likeness (QED) is 0.515. The molecular weight excluding hydrogens is 402 g/mol. The SMILES string of the molecule is NS(=O)(=O)c1ccc(NC(=O)c2cn(-c3ccccc3)nc2-c2cccnc2)cc1. The summed E-state index contributed by atoms with van der Waals surface area (Å²) in [6.07, 6.45) is 4.92. The van der Waals surface area contributed by atoms with Crippen molar-refractivity contribution in [3.8, 4) is 16.9 Å². The standard InChI is InChI=1S/C21H17N5O3S/c22-30(28,29)18-10-8-16(9-11-18)24-21(27)19-14-26(17-6-2-1-3-7-17)25-20(19)15-5-4-12-23-13-15/h1-14H,(H,24,27)(H2,22,28,29). The molecule has 2 aromatic carbocycles. The first kappa shape index (κ1) is 19.5. The zero-order chi connectivity index (χ0) is 21.1. The van der Waals surface area contributed by atoms with Crippen LogP contribution >= 0.6 is 0 Å². The Morgan fingerprint density at radius 2 is 1.70 bits per heavy atom. The molecule has 0 spiro atoms. The molecule has 3 N–H and O–H groups in total. The fraction of sp³-hybridized carbons (Fsp3) is 0. The normalized spacial score (nSPS) is 11.2. The number of pyridine rings is 1. The number of hydrogen-bond donors (Lipinski definition) is 2. The third-order valence-electron chi connectivity index (χ3n) is 4.36. The maximum atomic E-state index is 13.0. The van der Waals surface area contributed by atoms with Crippen LogP contribution in [0.3, 0.4) is 0 Å². The average Bonchev–Trinajstić information content (AvgIpc) is 3.20. The van der Waals surface area contributed by atoms with Gasteiger partial charge in [0.1, 0.15) is 5.69 Å². The van der Waals surface area contributed by atoms with Crippen LogP contribution in [0.2, 0.25) is 0 Å². The highest BCUT2D eigenvalue weighted by molar-refractivity contribution is 7.89. The van der Waals surface area contributed by atoms with Gasteiger partial charge in [-0.15, -0.1) is 0 Å². The number of nitrogens with two attached hydrogens (primary N) is 1. The van der Waals surface area contributed by atoms with Crippen molar-refractivity contribution in [2.75, 3.05) is 5.32 Å². The maximum absolute atomic E-state index is 13.0. The smallest absolute Gasteiger partial charge is 0.259 e. The first-order chi connectivity index (χ1) is 14.4. The van der Waals surface area contributed by atoms with Gasteiger partial charge >= 0.3 is 0 Å². The monoisotopic (exact) mass is 419 g/mol. The minimum atomic E-state index is -3.80. The van der Waals surface area contributed by atoms with Crippen LogP contribution < -0.4 is 10.5 Å². The van der Waals surface area contributed by atoms with E-state index in [1.807, 2.05) is 36.4 Å². The molecular formula is C21H17N5O3S. The molecule has 30 heavy (non-hydrogen) atoms. The molecule has 1 amide bonds. The summed E-state index contributed by atoms with van der Waals surface area (Å²) in [7, 11) is -3.80. The van der Waals surface area contributed by atoms with Crippen LogP contribution in [0, 0.1) is 0 Å². The van der Waals surface area contributed by atoms with E-state index in [0.717, 1.165) is 5.69 Å². The Morgan fingerprint density at radius 1 is 0.967 bits per heavy atom. The van der Waals surface area contributed by atoms with Crippen LogP contribution in [0.1, 0.15) is 10.4 Å². The molecule has 9 heteroatoms. The van der Waals surface area contributed by atoms with Gasteiger partial charge in [0.25, 0.3) is 5.91 Å². The Kier molecular flexibility index (Phi) is 5.13. The van der Waals surface area contributed by atoms with Crippen LogP contribution in [0.5, 0.6) is 0 Å². The van der Waals surface area contributed by atoms with Crippen LogP contribution in [-0.4, -0.2) is 29.1 Å². The molecule has 2 heterocycles. The molecule has 0 aliphatic rings. The highest BCUT2D eigenvalue weighted by atomic mass is 32.2. The van der Waals surface area contributed by atoms with E-state index in [9.17, 15) is 13.2 Å². The van der Waals surface area contributed by atoms with E-state index in [1.165, 1.54) is 24.3 Å². The highest BCUT2D eigenvalue weighted by Gasteiger charge is 2.19. The van der Waals surface area contributed by atoms with Crippen molar-refractivity contribution >= 4 is 21.6 Å². The number of carbonyl (C=O) groups excluding carboxylic acids is 1. The molecule has 0 atom stereocenters. The number of hydrogen-bond acceptors (Lipinski definition) is 5. The molecule has 4 rings (SSSR count). The summed E-state index contributed by atoms with van der Waals surface area (Å²) in [5.74, 6) is -0.389. The maximum Gasteiger partial charge on any atom is 0.259 e. The fourth-order valence-corrected chi connectivity index (χ4v) is 3.41. The average molecular weight is 419 g/mol. The van der Waals surface area contributed by atoms with Crippen molar-refractivity contribution < 1.29 is 13.2 Å². The van der Waals surface area contributed by atoms with Crippen LogP contribution in [-0.2, 0) is 10.0 Å². The third kappa shape index (κ3) is 4.12. The van der Waals surface area contributed by atoms with Gasteiger partial charge in [0, 0.05) is 29.8 Å². The van der Waals surface area contributed by atoms with Gasteiger partial charge in [0.05, 0.1) is 16.1 Å². The first-order valence-electron chi connectivity index (χ1n) is 8.91. The molecule has 150 valence electrons. The number of benzene rings is 2. The minimum Gasteiger partial charge on any atom is -0.322 e. The summed E-state index contributed by atoms with van der Waals surface area (Å²) in [5.41, 5.74) is 2.76. The molecule has 0 aliphatic heterocycles. The molecule has 0 radical (unpaired) electrons. The third-order valence-corrected chi connectivity index (χ3v) is 5.28. The van der Waals surface area contributed by atoms with Gasteiger partial charge < -0.3 is 5.32 Å². The molecule has 0 saturated carbocycles. The Bertz CT molecular complexity index is 1290. The number of aromatic nitrogens is 3. The molecule has 4 aromatic rings. The Morgan fingerprint density at radius 3 is 2.33 bits per heavy atom. The largest absolute Gasteiger partial charge is 0.322 e. The number of para-hydroxylation sites is 1. The molecule has 8 nitrogen and oxygen atoms in total. The topological polar surface area (TPSA) is 120 Å². The lowest BCUT2D eigenvalue weighted by molar-refractivity contribution is 0.102. The summed E-state index contributed by atoms with van der Waals surface area (Å²) in [4.78, 5) is 17.1. The van der Waals surface area contributed by atoms with Gasteiger partial charge in [0.15, 0.2) is 0 Å². The lowest BCUT2D eigenvalue weighted by Crippen LogP contribution is -2.14. The van der Waals surface area contributed by atoms with E-state index in [2.05, 4.69) is 15.4 Å². The predicted molar refractivity (Wildman–Crippen MR) is 113 cm³/mol. The number of nitrogens with one attached hydrogen (secondary N) is 1. The zero-order valence-corrected chi connectivity index (χ0v) is 16.5. The van der Waals surface area contributed by atoms with Crippen molar-refractivity contribution in [2.24, 2.45) is 5.14 Å². The second-order valence-electron chi connectivity index (χ2n) is 6.44. The van der Waals surface area contributed by atoms with E-state index < -0.39 is 10.0 Å². The molecule has 0 aliphatic carbocycles. The highest BCUT2D eigenvalue weighted by Crippen LogP contribution is 2.24. The number of anilines is 1. The van der Waals surface area contributed by atoms with Crippen LogP contribution in [0.25, 0.3) is 16.9 Å². The van der Waals surface area contributed by atoms with E-state index >= 15 is 0 Å². The fourth-order valence-electron chi connectivity index (χ4n) is 2.90. The number of sulfonamides is 1. The summed E-state index contributed by atoms with van der Waals surface area (Å²) in [5, 5.41) is 12.5. The number of primary sulfonamides is 1. The molecule has 0 unspecified atom stereocenters. The van der Waals surface area contributed by atoms with Gasteiger partial charge in [-0.3, -0.25) is 9.78 Å². The van der Waals surface area contributed by atoms with E-state index in [1.54, 1.807) is 29.3 Å². The molecule has 0 saturated heterocycles. The van der Waals surface area contributed by atoms with Crippen molar-refractivity contribution in [3.05, 3.63) is 90.9 Å². The number of carbonyl (C=O) groups is 1. The van der Waals surface area contributed by atoms with Gasteiger partial charge in [-0.1, -0.05) is 18.2 Å². The van der Waals surface area contributed by atoms with E-state index in [-0.39, 0.29) is 10.8 Å². The Balaban J connectivity index is 1.70. The second kappa shape index (κ2) is 7.90. The van der Waals surface area contributed by atoms with Crippen molar-refractivity contribution in [2.45, 2.75) is 4.90 Å². The lowest BCUT2D eigenvalue weighted by atomic mass is 10.1. The van der Waals surface area contributed by atoms with Crippen molar-refractivity contribution in [1.29, 1.82) is 0 Å². The first-order valence-corrected chi connectivity index (χ1v) is 10.5.